The van der Waals surface area contributed by atoms with Gasteiger partial charge in [-0.15, -0.1) is 11.8 Å². The van der Waals surface area contributed by atoms with Crippen LogP contribution in [0.4, 0.5) is 0 Å². The summed E-state index contributed by atoms with van der Waals surface area (Å²) in [5, 5.41) is 2.96. The molecule has 2 amide bonds. The van der Waals surface area contributed by atoms with Crippen molar-refractivity contribution in [1.29, 1.82) is 0 Å². The molecule has 0 aliphatic carbocycles. The highest BCUT2D eigenvalue weighted by Gasteiger charge is 2.25. The Balaban J connectivity index is 2.02. The molecule has 1 atom stereocenters. The Bertz CT molecular complexity index is 809. The normalized spacial score (nSPS) is 11.7. The minimum absolute atomic E-state index is 0.0178. The number of hydrogen-bond acceptors (Lipinski definition) is 3. The minimum atomic E-state index is -0.510. The molecule has 1 unspecified atom stereocenters. The molecule has 30 heavy (non-hydrogen) atoms. The number of halogens is 1. The Morgan fingerprint density at radius 3 is 2.33 bits per heavy atom. The third kappa shape index (κ3) is 8.15. The second-order valence-corrected chi connectivity index (χ2v) is 9.35. The number of nitrogens with zero attached hydrogens (tertiary/aromatic N) is 1. The molecule has 0 aliphatic rings. The summed E-state index contributed by atoms with van der Waals surface area (Å²) in [7, 11) is 0. The summed E-state index contributed by atoms with van der Waals surface area (Å²) in [5.41, 5.74) is 3.37. The van der Waals surface area contributed by atoms with E-state index >= 15 is 0 Å². The van der Waals surface area contributed by atoms with Crippen LogP contribution in [0.15, 0.2) is 53.0 Å². The lowest BCUT2D eigenvalue weighted by atomic mass is 10.1. The van der Waals surface area contributed by atoms with Crippen molar-refractivity contribution >= 4 is 39.5 Å². The molecule has 0 radical (unpaired) electrons. The number of carbonyl (C=O) groups excluding carboxylic acids is 2. The van der Waals surface area contributed by atoms with E-state index in [0.717, 1.165) is 28.6 Å². The van der Waals surface area contributed by atoms with Gasteiger partial charge in [0.15, 0.2) is 0 Å². The summed E-state index contributed by atoms with van der Waals surface area (Å²) in [6.45, 7) is 7.01. The van der Waals surface area contributed by atoms with Crippen molar-refractivity contribution in [2.75, 3.05) is 12.3 Å². The molecule has 0 bridgehead atoms. The van der Waals surface area contributed by atoms with Crippen molar-refractivity contribution in [2.24, 2.45) is 0 Å². The summed E-state index contributed by atoms with van der Waals surface area (Å²) in [4.78, 5) is 27.4. The zero-order valence-electron chi connectivity index (χ0n) is 18.0. The Morgan fingerprint density at radius 1 is 1.07 bits per heavy atom. The third-order valence-corrected chi connectivity index (χ3v) is 6.40. The van der Waals surface area contributed by atoms with Gasteiger partial charge in [0.05, 0.1) is 5.75 Å². The van der Waals surface area contributed by atoms with E-state index in [4.69, 9.17) is 0 Å². The number of rotatable bonds is 11. The van der Waals surface area contributed by atoms with Gasteiger partial charge in [-0.05, 0) is 43.5 Å². The summed E-state index contributed by atoms with van der Waals surface area (Å²) in [6, 6.07) is 15.7. The summed E-state index contributed by atoms with van der Waals surface area (Å²) < 4.78 is 1.04. The van der Waals surface area contributed by atoms with Crippen LogP contribution in [-0.4, -0.2) is 35.1 Å². The lowest BCUT2D eigenvalue weighted by molar-refractivity contribution is -0.138. The molecule has 2 aromatic rings. The maximum absolute atomic E-state index is 13.1. The van der Waals surface area contributed by atoms with Crippen molar-refractivity contribution in [1.82, 2.24) is 10.2 Å². The van der Waals surface area contributed by atoms with Gasteiger partial charge >= 0.3 is 0 Å². The molecule has 0 aliphatic heterocycles. The second kappa shape index (κ2) is 12.8. The Kier molecular flexibility index (Phi) is 10.4. The number of thioether (sulfide) groups is 1. The average Bonchev–Trinajstić information content (AvgIpc) is 2.74. The maximum atomic E-state index is 13.1. The highest BCUT2D eigenvalue weighted by atomic mass is 79.9. The standard InChI is InChI=1S/C24H31BrN2O2S/c1-4-5-14-26-24(29)19(3)27(15-20-8-6-18(2)7-9-20)23(28)17-30-16-21-10-12-22(25)13-11-21/h6-13,19H,4-5,14-17H2,1-3H3,(H,26,29). The van der Waals surface area contributed by atoms with Crippen LogP contribution in [0.1, 0.15) is 43.4 Å². The minimum Gasteiger partial charge on any atom is -0.354 e. The van der Waals surface area contributed by atoms with Gasteiger partial charge in [-0.25, -0.2) is 0 Å². The van der Waals surface area contributed by atoms with Crippen molar-refractivity contribution in [3.05, 3.63) is 69.7 Å². The molecule has 2 aromatic carbocycles. The molecule has 0 fully saturated rings. The molecule has 0 saturated heterocycles. The largest absolute Gasteiger partial charge is 0.354 e. The average molecular weight is 491 g/mol. The van der Waals surface area contributed by atoms with Gasteiger partial charge < -0.3 is 10.2 Å². The quantitative estimate of drug-likeness (QED) is 0.433. The van der Waals surface area contributed by atoms with Gasteiger partial charge in [0.1, 0.15) is 6.04 Å². The lowest BCUT2D eigenvalue weighted by Crippen LogP contribution is -2.48. The number of amides is 2. The van der Waals surface area contributed by atoms with Crippen LogP contribution in [0.3, 0.4) is 0 Å². The number of nitrogens with one attached hydrogen (secondary N) is 1. The van der Waals surface area contributed by atoms with Crippen LogP contribution in [-0.2, 0) is 21.9 Å². The van der Waals surface area contributed by atoms with E-state index < -0.39 is 6.04 Å². The Hall–Kier alpha value is -1.79. The van der Waals surface area contributed by atoms with Gasteiger partial charge in [-0.2, -0.15) is 0 Å². The molecule has 0 saturated carbocycles. The zero-order chi connectivity index (χ0) is 21.9. The molecule has 1 N–H and O–H groups in total. The van der Waals surface area contributed by atoms with Crippen molar-refractivity contribution < 1.29 is 9.59 Å². The fourth-order valence-corrected chi connectivity index (χ4v) is 4.06. The van der Waals surface area contributed by atoms with Crippen LogP contribution in [0.2, 0.25) is 0 Å². The number of benzene rings is 2. The second-order valence-electron chi connectivity index (χ2n) is 7.45. The fraction of sp³-hybridized carbons (Fsp3) is 0.417. The van der Waals surface area contributed by atoms with Gasteiger partial charge in [0.25, 0.3) is 0 Å². The molecule has 0 aromatic heterocycles. The lowest BCUT2D eigenvalue weighted by Gasteiger charge is -2.29. The van der Waals surface area contributed by atoms with E-state index in [9.17, 15) is 9.59 Å². The highest BCUT2D eigenvalue weighted by molar-refractivity contribution is 9.10. The zero-order valence-corrected chi connectivity index (χ0v) is 20.4. The van der Waals surface area contributed by atoms with Crippen LogP contribution in [0.5, 0.6) is 0 Å². The highest BCUT2D eigenvalue weighted by Crippen LogP contribution is 2.18. The van der Waals surface area contributed by atoms with Crippen LogP contribution < -0.4 is 5.32 Å². The van der Waals surface area contributed by atoms with Crippen LogP contribution in [0, 0.1) is 6.92 Å². The van der Waals surface area contributed by atoms with E-state index in [1.165, 1.54) is 11.1 Å². The summed E-state index contributed by atoms with van der Waals surface area (Å²) in [6.07, 6.45) is 1.96. The van der Waals surface area contributed by atoms with E-state index in [0.29, 0.717) is 18.8 Å². The molecule has 2 rings (SSSR count). The first-order valence-corrected chi connectivity index (χ1v) is 12.3. The van der Waals surface area contributed by atoms with Gasteiger partial charge in [-0.3, -0.25) is 9.59 Å². The van der Waals surface area contributed by atoms with Crippen molar-refractivity contribution in [2.45, 2.75) is 52.0 Å². The van der Waals surface area contributed by atoms with Crippen LogP contribution >= 0.6 is 27.7 Å². The summed E-state index contributed by atoms with van der Waals surface area (Å²) >= 11 is 5.01. The number of hydrogen-bond donors (Lipinski definition) is 1. The molecular weight excluding hydrogens is 460 g/mol. The first kappa shape index (κ1) is 24.5. The predicted octanol–water partition coefficient (Wildman–Crippen LogP) is 5.32. The molecule has 162 valence electrons. The predicted molar refractivity (Wildman–Crippen MR) is 129 cm³/mol. The van der Waals surface area contributed by atoms with E-state index in [-0.39, 0.29) is 11.8 Å². The number of unbranched alkanes of at least 4 members (excludes halogenated alkanes) is 1. The number of aryl methyl sites for hydroxylation is 1. The Morgan fingerprint density at radius 2 is 1.70 bits per heavy atom. The first-order chi connectivity index (χ1) is 14.4. The Labute approximate surface area is 192 Å². The topological polar surface area (TPSA) is 49.4 Å². The van der Waals surface area contributed by atoms with E-state index in [1.54, 1.807) is 16.7 Å². The molecule has 4 nitrogen and oxygen atoms in total. The smallest absolute Gasteiger partial charge is 0.242 e. The summed E-state index contributed by atoms with van der Waals surface area (Å²) in [5.74, 6) is 0.987. The SMILES string of the molecule is CCCCNC(=O)C(C)N(Cc1ccc(C)cc1)C(=O)CSCc1ccc(Br)cc1. The van der Waals surface area contributed by atoms with Gasteiger partial charge in [0.2, 0.25) is 11.8 Å². The molecular formula is C24H31BrN2O2S. The van der Waals surface area contributed by atoms with Crippen molar-refractivity contribution in [3.63, 3.8) is 0 Å². The van der Waals surface area contributed by atoms with E-state index in [1.807, 2.05) is 50.2 Å². The van der Waals surface area contributed by atoms with Crippen molar-refractivity contribution in [3.8, 4) is 0 Å². The number of carbonyl (C=O) groups is 2. The molecule has 6 heteroatoms. The fourth-order valence-electron chi connectivity index (χ4n) is 2.93. The van der Waals surface area contributed by atoms with Gasteiger partial charge in [-0.1, -0.05) is 71.2 Å². The van der Waals surface area contributed by atoms with Crippen LogP contribution in [0.25, 0.3) is 0 Å². The maximum Gasteiger partial charge on any atom is 0.242 e. The van der Waals surface area contributed by atoms with E-state index in [2.05, 4.69) is 40.3 Å². The van der Waals surface area contributed by atoms with Gasteiger partial charge in [0, 0.05) is 23.3 Å². The molecule has 0 heterocycles. The first-order valence-electron chi connectivity index (χ1n) is 10.4. The third-order valence-electron chi connectivity index (χ3n) is 4.88. The molecule has 0 spiro atoms. The monoisotopic (exact) mass is 490 g/mol.